The van der Waals surface area contributed by atoms with E-state index < -0.39 is 5.54 Å². The monoisotopic (exact) mass is 542 g/mol. The molecule has 0 radical (unpaired) electrons. The van der Waals surface area contributed by atoms with Crippen molar-refractivity contribution in [3.05, 3.63) is 70.9 Å². The van der Waals surface area contributed by atoms with Gasteiger partial charge in [0.15, 0.2) is 0 Å². The van der Waals surface area contributed by atoms with Crippen LogP contribution in [0.1, 0.15) is 48.5 Å². The normalized spacial score (nSPS) is 19.3. The maximum atomic E-state index is 14.0. The van der Waals surface area contributed by atoms with Crippen molar-refractivity contribution in [1.29, 1.82) is 0 Å². The van der Waals surface area contributed by atoms with Crippen LogP contribution in [0.3, 0.4) is 0 Å². The molecule has 6 nitrogen and oxygen atoms in total. The summed E-state index contributed by atoms with van der Waals surface area (Å²) >= 11 is 6.20. The molecular formula is C29H36Cl2N4O2. The zero-order valence-corrected chi connectivity index (χ0v) is 23.1. The number of halogens is 2. The van der Waals surface area contributed by atoms with Crippen molar-refractivity contribution in [3.63, 3.8) is 0 Å². The van der Waals surface area contributed by atoms with Crippen LogP contribution in [0.15, 0.2) is 54.7 Å². The van der Waals surface area contributed by atoms with Gasteiger partial charge >= 0.3 is 0 Å². The summed E-state index contributed by atoms with van der Waals surface area (Å²) in [5.74, 6) is 1.10. The molecule has 5 rings (SSSR count). The standard InChI is InChI=1S/C29H35ClN4O2.ClH/c1-29(23-6-4-3-5-7-23,32-27(35)22-8-9-24-25(30)19-31-26(24)18-22)28(36)34-16-12-21(13-17-34)20-10-14-33(2)15-11-20;/h3-9,18-21,31H,10-17H2,1-2H3,(H,32,35);1H/t29-;/m0./s1. The Labute approximate surface area is 230 Å². The quantitative estimate of drug-likeness (QED) is 0.449. The van der Waals surface area contributed by atoms with Crippen LogP contribution in [0, 0.1) is 11.8 Å². The second-order valence-electron chi connectivity index (χ2n) is 10.6. The Kier molecular flexibility index (Phi) is 8.52. The largest absolute Gasteiger partial charge is 0.360 e. The molecule has 37 heavy (non-hydrogen) atoms. The summed E-state index contributed by atoms with van der Waals surface area (Å²) in [6, 6.07) is 14.9. The lowest BCUT2D eigenvalue weighted by atomic mass is 9.78. The van der Waals surface area contributed by atoms with E-state index in [0.29, 0.717) is 16.5 Å². The van der Waals surface area contributed by atoms with Crippen LogP contribution in [0.25, 0.3) is 10.9 Å². The van der Waals surface area contributed by atoms with Crippen LogP contribution in [-0.2, 0) is 10.3 Å². The van der Waals surface area contributed by atoms with Gasteiger partial charge in [-0.3, -0.25) is 9.59 Å². The first-order valence-corrected chi connectivity index (χ1v) is 13.4. The van der Waals surface area contributed by atoms with Gasteiger partial charge in [-0.05, 0) is 82.3 Å². The number of nitrogens with one attached hydrogen (secondary N) is 2. The smallest absolute Gasteiger partial charge is 0.252 e. The molecule has 1 atom stereocenters. The summed E-state index contributed by atoms with van der Waals surface area (Å²) in [6.07, 6.45) is 6.28. The van der Waals surface area contributed by atoms with Crippen LogP contribution in [0.2, 0.25) is 5.02 Å². The third-order valence-electron chi connectivity index (χ3n) is 8.29. The molecule has 3 heterocycles. The maximum absolute atomic E-state index is 14.0. The SMILES string of the molecule is CN1CCC(C2CCN(C(=O)[C@@](C)(NC(=O)c3ccc4c(Cl)c[nH]c4c3)c3ccccc3)CC2)CC1.Cl. The lowest BCUT2D eigenvalue weighted by Crippen LogP contribution is -2.57. The average molecular weight is 544 g/mol. The van der Waals surface area contributed by atoms with Crippen molar-refractivity contribution in [3.8, 4) is 0 Å². The lowest BCUT2D eigenvalue weighted by molar-refractivity contribution is -0.139. The van der Waals surface area contributed by atoms with E-state index in [1.807, 2.05) is 48.2 Å². The fourth-order valence-corrected chi connectivity index (χ4v) is 6.16. The number of nitrogens with zero attached hydrogens (tertiary/aromatic N) is 2. The maximum Gasteiger partial charge on any atom is 0.252 e. The summed E-state index contributed by atoms with van der Waals surface area (Å²) in [5, 5.41) is 4.57. The molecule has 198 valence electrons. The summed E-state index contributed by atoms with van der Waals surface area (Å²) < 4.78 is 0. The van der Waals surface area contributed by atoms with Crippen LogP contribution < -0.4 is 5.32 Å². The van der Waals surface area contributed by atoms with Crippen LogP contribution in [0.4, 0.5) is 0 Å². The van der Waals surface area contributed by atoms with Gasteiger partial charge in [-0.15, -0.1) is 12.4 Å². The van der Waals surface area contributed by atoms with Gasteiger partial charge < -0.3 is 20.1 Å². The predicted molar refractivity (Wildman–Crippen MR) is 151 cm³/mol. The van der Waals surface area contributed by atoms with E-state index in [9.17, 15) is 9.59 Å². The van der Waals surface area contributed by atoms with Gasteiger partial charge in [0.1, 0.15) is 5.54 Å². The van der Waals surface area contributed by atoms with Crippen molar-refractivity contribution < 1.29 is 9.59 Å². The number of hydrogen-bond acceptors (Lipinski definition) is 3. The minimum atomic E-state index is -1.17. The summed E-state index contributed by atoms with van der Waals surface area (Å²) in [6.45, 7) is 5.64. The Balaban J connectivity index is 0.00000320. The Hall–Kier alpha value is -2.54. The molecule has 3 aromatic rings. The molecule has 8 heteroatoms. The number of H-pyrrole nitrogens is 1. The highest BCUT2D eigenvalue weighted by atomic mass is 35.5. The first kappa shape index (κ1) is 27.5. The fraction of sp³-hybridized carbons (Fsp3) is 0.448. The third-order valence-corrected chi connectivity index (χ3v) is 8.61. The number of fused-ring (bicyclic) bond motifs is 1. The van der Waals surface area contributed by atoms with E-state index in [1.165, 1.54) is 25.9 Å². The molecule has 2 aliphatic rings. The number of aromatic nitrogens is 1. The number of carbonyl (C=O) groups excluding carboxylic acids is 2. The fourth-order valence-electron chi connectivity index (χ4n) is 5.94. The second-order valence-corrected chi connectivity index (χ2v) is 11.0. The molecule has 0 unspecified atom stereocenters. The molecule has 0 spiro atoms. The second kappa shape index (κ2) is 11.5. The van der Waals surface area contributed by atoms with Crippen molar-refractivity contribution in [1.82, 2.24) is 20.1 Å². The molecule has 2 amide bonds. The van der Waals surface area contributed by atoms with Crippen LogP contribution in [0.5, 0.6) is 0 Å². The predicted octanol–water partition coefficient (Wildman–Crippen LogP) is 5.47. The van der Waals surface area contributed by atoms with Gasteiger partial charge in [0.25, 0.3) is 11.8 Å². The van der Waals surface area contributed by atoms with E-state index in [0.717, 1.165) is 48.3 Å². The molecule has 0 saturated carbocycles. The molecule has 0 aliphatic carbocycles. The molecule has 2 aromatic carbocycles. The van der Waals surface area contributed by atoms with Crippen molar-refractivity contribution in [2.75, 3.05) is 33.2 Å². The van der Waals surface area contributed by atoms with Crippen LogP contribution >= 0.6 is 24.0 Å². The highest BCUT2D eigenvalue weighted by Gasteiger charge is 2.41. The lowest BCUT2D eigenvalue weighted by Gasteiger charge is -2.42. The Morgan fingerprint density at radius 1 is 0.973 bits per heavy atom. The van der Waals surface area contributed by atoms with Gasteiger partial charge in [0, 0.05) is 35.8 Å². The van der Waals surface area contributed by atoms with Crippen molar-refractivity contribution in [2.24, 2.45) is 11.8 Å². The van der Waals surface area contributed by atoms with E-state index in [2.05, 4.69) is 22.2 Å². The van der Waals surface area contributed by atoms with Gasteiger partial charge in [0.2, 0.25) is 0 Å². The van der Waals surface area contributed by atoms with Gasteiger partial charge in [-0.2, -0.15) is 0 Å². The summed E-state index contributed by atoms with van der Waals surface area (Å²) in [4.78, 5) is 34.9. The highest BCUT2D eigenvalue weighted by molar-refractivity contribution is 6.35. The number of benzene rings is 2. The zero-order chi connectivity index (χ0) is 25.3. The Bertz CT molecular complexity index is 1230. The minimum absolute atomic E-state index is 0. The van der Waals surface area contributed by atoms with E-state index in [1.54, 1.807) is 18.3 Å². The first-order valence-electron chi connectivity index (χ1n) is 13.0. The van der Waals surface area contributed by atoms with Crippen molar-refractivity contribution >= 4 is 46.7 Å². The van der Waals surface area contributed by atoms with E-state index >= 15 is 0 Å². The summed E-state index contributed by atoms with van der Waals surface area (Å²) in [7, 11) is 2.20. The molecule has 1 aromatic heterocycles. The summed E-state index contributed by atoms with van der Waals surface area (Å²) in [5.41, 5.74) is 0.888. The average Bonchev–Trinajstić information content (AvgIpc) is 3.29. The third kappa shape index (κ3) is 5.66. The van der Waals surface area contributed by atoms with Gasteiger partial charge in [-0.1, -0.05) is 48.0 Å². The number of likely N-dealkylation sites (tertiary alicyclic amines) is 2. The number of piperidine rings is 2. The molecular weight excluding hydrogens is 507 g/mol. The number of hydrogen-bond donors (Lipinski definition) is 2. The molecule has 0 bridgehead atoms. The topological polar surface area (TPSA) is 68.4 Å². The van der Waals surface area contributed by atoms with E-state index in [-0.39, 0.29) is 24.2 Å². The molecule has 2 N–H and O–H groups in total. The van der Waals surface area contributed by atoms with E-state index in [4.69, 9.17) is 11.6 Å². The highest BCUT2D eigenvalue weighted by Crippen LogP contribution is 2.34. The Morgan fingerprint density at radius 3 is 2.24 bits per heavy atom. The molecule has 2 fully saturated rings. The number of carbonyl (C=O) groups is 2. The molecule has 2 aliphatic heterocycles. The van der Waals surface area contributed by atoms with Gasteiger partial charge in [0.05, 0.1) is 5.02 Å². The van der Waals surface area contributed by atoms with Crippen LogP contribution in [-0.4, -0.2) is 59.8 Å². The van der Waals surface area contributed by atoms with Crippen molar-refractivity contribution in [2.45, 2.75) is 38.1 Å². The van der Waals surface area contributed by atoms with Gasteiger partial charge in [-0.25, -0.2) is 0 Å². The number of aromatic amines is 1. The zero-order valence-electron chi connectivity index (χ0n) is 21.5. The number of amides is 2. The molecule has 2 saturated heterocycles. The first-order chi connectivity index (χ1) is 17.3. The Morgan fingerprint density at radius 2 is 1.59 bits per heavy atom. The number of rotatable bonds is 5. The minimum Gasteiger partial charge on any atom is -0.360 e.